The Morgan fingerprint density at radius 2 is 1.00 bits per heavy atom. The van der Waals surface area contributed by atoms with Crippen LogP contribution in [0.2, 0.25) is 0 Å². The molecule has 1 radical (unpaired) electrons. The molecule has 0 spiro atoms. The Kier molecular flexibility index (Phi) is 13.5. The van der Waals surface area contributed by atoms with E-state index in [1.165, 1.54) is 38.9 Å². The van der Waals surface area contributed by atoms with Crippen molar-refractivity contribution in [3.63, 3.8) is 0 Å². The van der Waals surface area contributed by atoms with E-state index < -0.39 is 0 Å². The summed E-state index contributed by atoms with van der Waals surface area (Å²) in [5.41, 5.74) is 0. The van der Waals surface area contributed by atoms with Crippen LogP contribution in [0.3, 0.4) is 0 Å². The molecule has 0 bridgehead atoms. The average molecular weight is 150 g/mol. The van der Waals surface area contributed by atoms with E-state index in [2.05, 4.69) is 25.7 Å². The van der Waals surface area contributed by atoms with Crippen molar-refractivity contribution in [3.05, 3.63) is 0 Å². The van der Waals surface area contributed by atoms with Gasteiger partial charge in [0.1, 0.15) is 0 Å². The maximum atomic E-state index is 2.54. The molecule has 0 aliphatic heterocycles. The van der Waals surface area contributed by atoms with Crippen molar-refractivity contribution in [2.75, 3.05) is 19.6 Å². The smallest absolute Gasteiger partial charge is 0 e. The van der Waals surface area contributed by atoms with Crippen LogP contribution >= 0.6 is 0 Å². The van der Waals surface area contributed by atoms with Crippen molar-refractivity contribution in [3.8, 4) is 0 Å². The van der Waals surface area contributed by atoms with Crippen LogP contribution in [0.4, 0.5) is 0 Å². The van der Waals surface area contributed by atoms with Gasteiger partial charge in [-0.25, -0.2) is 0 Å². The van der Waals surface area contributed by atoms with Crippen LogP contribution in [-0.2, 0) is 0 Å². The molecule has 0 aliphatic rings. The second kappa shape index (κ2) is 10.6. The molecule has 0 aromatic rings. The van der Waals surface area contributed by atoms with Crippen LogP contribution < -0.4 is 0 Å². The molecule has 0 amide bonds. The molecule has 11 heavy (non-hydrogen) atoms. The van der Waals surface area contributed by atoms with E-state index in [-0.39, 0.29) is 18.9 Å². The van der Waals surface area contributed by atoms with Crippen LogP contribution in [0.1, 0.15) is 40.0 Å². The first kappa shape index (κ1) is 14.1. The first-order valence-corrected chi connectivity index (χ1v) is 4.57. The van der Waals surface area contributed by atoms with Crippen LogP contribution in [0.15, 0.2) is 0 Å². The first-order valence-electron chi connectivity index (χ1n) is 4.57. The van der Waals surface area contributed by atoms with Gasteiger partial charge < -0.3 is 4.90 Å². The number of nitrogens with zero attached hydrogens (tertiary/aromatic N) is 1. The number of rotatable bonds is 6. The fourth-order valence-corrected chi connectivity index (χ4v) is 1.28. The third-order valence-corrected chi connectivity index (χ3v) is 1.62. The zero-order chi connectivity index (χ0) is 7.82. The van der Waals surface area contributed by atoms with Gasteiger partial charge in [0.05, 0.1) is 0 Å². The Hall–Kier alpha value is 0.557. The molecule has 0 saturated carbocycles. The minimum absolute atomic E-state index is 0. The minimum atomic E-state index is 0. The van der Waals surface area contributed by atoms with Gasteiger partial charge in [-0.1, -0.05) is 20.8 Å². The SMILES string of the molecule is CCCN(CCC)CCC.[Li]. The Morgan fingerprint density at radius 1 is 0.727 bits per heavy atom. The van der Waals surface area contributed by atoms with E-state index >= 15 is 0 Å². The molecule has 0 aromatic carbocycles. The van der Waals surface area contributed by atoms with E-state index in [0.29, 0.717) is 0 Å². The van der Waals surface area contributed by atoms with Crippen molar-refractivity contribution in [2.24, 2.45) is 0 Å². The van der Waals surface area contributed by atoms with Crippen molar-refractivity contribution in [1.82, 2.24) is 4.90 Å². The number of hydrogen-bond acceptors (Lipinski definition) is 1. The largest absolute Gasteiger partial charge is 0.303 e. The van der Waals surface area contributed by atoms with Crippen LogP contribution in [0, 0.1) is 0 Å². The third-order valence-electron chi connectivity index (χ3n) is 1.62. The molecule has 0 saturated heterocycles. The van der Waals surface area contributed by atoms with E-state index in [1.807, 2.05) is 0 Å². The summed E-state index contributed by atoms with van der Waals surface area (Å²) in [7, 11) is 0. The molecule has 0 fully saturated rings. The van der Waals surface area contributed by atoms with Gasteiger partial charge in [-0.2, -0.15) is 0 Å². The molecule has 1 nitrogen and oxygen atoms in total. The Labute approximate surface area is 83.7 Å². The maximum Gasteiger partial charge on any atom is 0 e. The van der Waals surface area contributed by atoms with Crippen molar-refractivity contribution >= 4 is 18.9 Å². The quantitative estimate of drug-likeness (QED) is 0.524. The van der Waals surface area contributed by atoms with Crippen molar-refractivity contribution in [2.45, 2.75) is 40.0 Å². The Bertz CT molecular complexity index is 52.3. The molecular weight excluding hydrogens is 129 g/mol. The summed E-state index contributed by atoms with van der Waals surface area (Å²) in [6, 6.07) is 0. The Balaban J connectivity index is 0. The van der Waals surface area contributed by atoms with Gasteiger partial charge in [0.15, 0.2) is 0 Å². The average Bonchev–Trinajstić information content (AvgIpc) is 1.90. The zero-order valence-corrected chi connectivity index (χ0v) is 8.69. The molecule has 0 N–H and O–H groups in total. The second-order valence-corrected chi connectivity index (χ2v) is 2.84. The van der Waals surface area contributed by atoms with Gasteiger partial charge in [0.25, 0.3) is 0 Å². The molecule has 0 heterocycles. The molecule has 63 valence electrons. The normalized spacial score (nSPS) is 9.82. The summed E-state index contributed by atoms with van der Waals surface area (Å²) in [6.45, 7) is 10.6. The maximum absolute atomic E-state index is 2.54. The monoisotopic (exact) mass is 150 g/mol. The molecule has 0 atom stereocenters. The minimum Gasteiger partial charge on any atom is -0.303 e. The van der Waals surface area contributed by atoms with E-state index in [0.717, 1.165) is 0 Å². The van der Waals surface area contributed by atoms with Gasteiger partial charge in [0.2, 0.25) is 0 Å². The van der Waals surface area contributed by atoms with Crippen molar-refractivity contribution in [1.29, 1.82) is 0 Å². The van der Waals surface area contributed by atoms with Crippen LogP contribution in [0.5, 0.6) is 0 Å². The fraction of sp³-hybridized carbons (Fsp3) is 1.00. The summed E-state index contributed by atoms with van der Waals surface area (Å²) in [5.74, 6) is 0. The predicted octanol–water partition coefficient (Wildman–Crippen LogP) is 2.14. The summed E-state index contributed by atoms with van der Waals surface area (Å²) in [6.07, 6.45) is 3.88. The first-order chi connectivity index (χ1) is 4.85. The molecule has 2 heteroatoms. The predicted molar refractivity (Wildman–Crippen MR) is 53.1 cm³/mol. The zero-order valence-electron chi connectivity index (χ0n) is 8.69. The van der Waals surface area contributed by atoms with Crippen LogP contribution in [0.25, 0.3) is 0 Å². The summed E-state index contributed by atoms with van der Waals surface area (Å²) in [5, 5.41) is 0. The Morgan fingerprint density at radius 3 is 1.18 bits per heavy atom. The molecule has 0 unspecified atom stereocenters. The van der Waals surface area contributed by atoms with Gasteiger partial charge in [-0.05, 0) is 38.9 Å². The van der Waals surface area contributed by atoms with E-state index in [4.69, 9.17) is 0 Å². The molecule has 0 aliphatic carbocycles. The second-order valence-electron chi connectivity index (χ2n) is 2.84. The van der Waals surface area contributed by atoms with Gasteiger partial charge in [0, 0.05) is 18.9 Å². The third kappa shape index (κ3) is 8.46. The standard InChI is InChI=1S/C9H21N.Li/c1-4-7-10(8-5-2)9-6-3;/h4-9H2,1-3H3;. The van der Waals surface area contributed by atoms with E-state index in [9.17, 15) is 0 Å². The van der Waals surface area contributed by atoms with Crippen molar-refractivity contribution < 1.29 is 0 Å². The van der Waals surface area contributed by atoms with Gasteiger partial charge in [-0.3, -0.25) is 0 Å². The molecule has 0 rings (SSSR count). The van der Waals surface area contributed by atoms with E-state index in [1.54, 1.807) is 0 Å². The fourth-order valence-electron chi connectivity index (χ4n) is 1.28. The molecule has 0 aromatic heterocycles. The topological polar surface area (TPSA) is 3.24 Å². The van der Waals surface area contributed by atoms with Gasteiger partial charge in [-0.15, -0.1) is 0 Å². The van der Waals surface area contributed by atoms with Gasteiger partial charge >= 0.3 is 0 Å². The summed E-state index contributed by atoms with van der Waals surface area (Å²) >= 11 is 0. The van der Waals surface area contributed by atoms with Crippen LogP contribution in [-0.4, -0.2) is 43.4 Å². The summed E-state index contributed by atoms with van der Waals surface area (Å²) in [4.78, 5) is 2.54. The number of hydrogen-bond donors (Lipinski definition) is 0. The molecular formula is C9H21LiN. The summed E-state index contributed by atoms with van der Waals surface area (Å²) < 4.78 is 0.